The molecule has 2 heterocycles. The monoisotopic (exact) mass is 404 g/mol. The van der Waals surface area contributed by atoms with Crippen LogP contribution in [0.5, 0.6) is 11.6 Å². The number of benzene rings is 1. The van der Waals surface area contributed by atoms with Gasteiger partial charge in [0.15, 0.2) is 5.16 Å². The normalized spacial score (nSPS) is 11.1. The van der Waals surface area contributed by atoms with E-state index in [9.17, 15) is 23.2 Å². The summed E-state index contributed by atoms with van der Waals surface area (Å²) in [6, 6.07) is 10.1. The smallest absolute Gasteiger partial charge is 0.417 e. The van der Waals surface area contributed by atoms with Crippen molar-refractivity contribution in [1.82, 2.24) is 15.0 Å². The molecule has 0 spiro atoms. The molecule has 0 radical (unpaired) electrons. The molecule has 3 aromatic rings. The van der Waals surface area contributed by atoms with Crippen LogP contribution >= 0.6 is 11.8 Å². The van der Waals surface area contributed by atoms with Crippen molar-refractivity contribution in [3.05, 3.63) is 64.1 Å². The SMILES string of the molecule is CSc1nc(-c2ccc(Oc3ccc(C(F)(F)F)cn3)cc2)c(C#N)c(=O)[nH]1. The zero-order valence-electron chi connectivity index (χ0n) is 14.2. The summed E-state index contributed by atoms with van der Waals surface area (Å²) in [6.07, 6.45) is -2.04. The Morgan fingerprint density at radius 3 is 2.43 bits per heavy atom. The number of nitriles is 1. The molecule has 28 heavy (non-hydrogen) atoms. The van der Waals surface area contributed by atoms with Gasteiger partial charge in [-0.2, -0.15) is 18.4 Å². The highest BCUT2D eigenvalue weighted by Gasteiger charge is 2.30. The van der Waals surface area contributed by atoms with Crippen LogP contribution < -0.4 is 10.3 Å². The number of aromatic amines is 1. The number of ether oxygens (including phenoxy) is 1. The van der Waals surface area contributed by atoms with Gasteiger partial charge in [0.05, 0.1) is 11.3 Å². The average molecular weight is 404 g/mol. The molecule has 1 N–H and O–H groups in total. The molecule has 0 fully saturated rings. The maximum atomic E-state index is 12.6. The Morgan fingerprint density at radius 1 is 1.18 bits per heavy atom. The number of nitrogens with zero attached hydrogens (tertiary/aromatic N) is 3. The van der Waals surface area contributed by atoms with Crippen LogP contribution in [0.4, 0.5) is 13.2 Å². The lowest BCUT2D eigenvalue weighted by molar-refractivity contribution is -0.137. The molecule has 0 aliphatic carbocycles. The first-order valence-corrected chi connectivity index (χ1v) is 8.94. The fourth-order valence-electron chi connectivity index (χ4n) is 2.27. The van der Waals surface area contributed by atoms with Crippen LogP contribution in [-0.4, -0.2) is 21.2 Å². The summed E-state index contributed by atoms with van der Waals surface area (Å²) in [6.45, 7) is 0. The van der Waals surface area contributed by atoms with E-state index in [1.54, 1.807) is 18.4 Å². The highest BCUT2D eigenvalue weighted by Crippen LogP contribution is 2.30. The second-order valence-electron chi connectivity index (χ2n) is 5.42. The van der Waals surface area contributed by atoms with E-state index in [4.69, 9.17) is 4.74 Å². The summed E-state index contributed by atoms with van der Waals surface area (Å²) < 4.78 is 43.1. The van der Waals surface area contributed by atoms with Crippen molar-refractivity contribution in [2.75, 3.05) is 6.26 Å². The quantitative estimate of drug-likeness (QED) is 0.517. The van der Waals surface area contributed by atoms with Gasteiger partial charge in [0.2, 0.25) is 5.88 Å². The third kappa shape index (κ3) is 4.15. The number of thioether (sulfide) groups is 1. The van der Waals surface area contributed by atoms with Gasteiger partial charge in [0.25, 0.3) is 5.56 Å². The number of pyridine rings is 1. The molecule has 3 rings (SSSR count). The molecule has 0 aliphatic heterocycles. The Bertz CT molecular complexity index is 1090. The van der Waals surface area contributed by atoms with Gasteiger partial charge in [-0.25, -0.2) is 9.97 Å². The van der Waals surface area contributed by atoms with Gasteiger partial charge in [0.1, 0.15) is 17.4 Å². The number of alkyl halides is 3. The van der Waals surface area contributed by atoms with Crippen molar-refractivity contribution < 1.29 is 17.9 Å². The molecule has 0 atom stereocenters. The maximum Gasteiger partial charge on any atom is 0.417 e. The first-order valence-electron chi connectivity index (χ1n) is 7.72. The third-order valence-corrected chi connectivity index (χ3v) is 4.20. The Morgan fingerprint density at radius 2 is 1.89 bits per heavy atom. The van der Waals surface area contributed by atoms with E-state index in [0.29, 0.717) is 22.7 Å². The molecule has 0 saturated heterocycles. The van der Waals surface area contributed by atoms with Crippen molar-refractivity contribution in [3.8, 4) is 29.0 Å². The van der Waals surface area contributed by atoms with Crippen LogP contribution in [0, 0.1) is 11.3 Å². The van der Waals surface area contributed by atoms with E-state index >= 15 is 0 Å². The van der Waals surface area contributed by atoms with E-state index in [0.717, 1.165) is 12.1 Å². The van der Waals surface area contributed by atoms with E-state index in [1.165, 1.54) is 23.9 Å². The van der Waals surface area contributed by atoms with Crippen LogP contribution in [0.3, 0.4) is 0 Å². The van der Waals surface area contributed by atoms with Crippen molar-refractivity contribution in [2.24, 2.45) is 0 Å². The van der Waals surface area contributed by atoms with E-state index in [-0.39, 0.29) is 17.1 Å². The van der Waals surface area contributed by atoms with Crippen molar-refractivity contribution in [1.29, 1.82) is 5.26 Å². The largest absolute Gasteiger partial charge is 0.439 e. The highest BCUT2D eigenvalue weighted by atomic mass is 32.2. The fourth-order valence-corrected chi connectivity index (χ4v) is 2.65. The standard InChI is InChI=1S/C18H11F3N4O2S/c1-28-17-24-15(13(8-22)16(26)25-17)10-2-5-12(6-3-10)27-14-7-4-11(9-23-14)18(19,20)21/h2-7,9H,1H3,(H,24,25,26). The minimum absolute atomic E-state index is 0.00239. The van der Waals surface area contributed by atoms with Gasteiger partial charge in [-0.3, -0.25) is 4.79 Å². The van der Waals surface area contributed by atoms with Crippen LogP contribution in [0.15, 0.2) is 52.5 Å². The minimum Gasteiger partial charge on any atom is -0.439 e. The number of hydrogen-bond acceptors (Lipinski definition) is 6. The Hall–Kier alpha value is -3.32. The van der Waals surface area contributed by atoms with E-state index < -0.39 is 17.3 Å². The minimum atomic E-state index is -4.47. The van der Waals surface area contributed by atoms with Gasteiger partial charge in [-0.1, -0.05) is 11.8 Å². The molecule has 142 valence electrons. The number of hydrogen-bond donors (Lipinski definition) is 1. The fraction of sp³-hybridized carbons (Fsp3) is 0.111. The second kappa shape index (κ2) is 7.74. The number of halogens is 3. The predicted octanol–water partition coefficient (Wildman–Crippen LogP) is 4.24. The first kappa shape index (κ1) is 19.4. The van der Waals surface area contributed by atoms with Crippen LogP contribution in [0.2, 0.25) is 0 Å². The lowest BCUT2D eigenvalue weighted by Gasteiger charge is -2.09. The van der Waals surface area contributed by atoms with Gasteiger partial charge in [-0.05, 0) is 36.6 Å². The highest BCUT2D eigenvalue weighted by molar-refractivity contribution is 7.98. The third-order valence-electron chi connectivity index (χ3n) is 3.62. The average Bonchev–Trinajstić information content (AvgIpc) is 2.67. The van der Waals surface area contributed by atoms with Crippen LogP contribution in [-0.2, 0) is 6.18 Å². The van der Waals surface area contributed by atoms with E-state index in [2.05, 4.69) is 15.0 Å². The van der Waals surface area contributed by atoms with Gasteiger partial charge in [-0.15, -0.1) is 0 Å². The molecule has 0 saturated carbocycles. The summed E-state index contributed by atoms with van der Waals surface area (Å²) >= 11 is 1.23. The number of rotatable bonds is 4. The molecular formula is C18H11F3N4O2S. The zero-order valence-corrected chi connectivity index (χ0v) is 15.1. The molecule has 0 amide bonds. The Labute approximate surface area is 161 Å². The molecule has 1 aromatic carbocycles. The summed E-state index contributed by atoms with van der Waals surface area (Å²) in [5.41, 5.74) is -0.772. The van der Waals surface area contributed by atoms with Crippen molar-refractivity contribution >= 4 is 11.8 Å². The molecule has 2 aromatic heterocycles. The maximum absolute atomic E-state index is 12.6. The lowest BCUT2D eigenvalue weighted by Crippen LogP contribution is -2.14. The Balaban J connectivity index is 1.86. The first-order chi connectivity index (χ1) is 13.3. The zero-order chi connectivity index (χ0) is 20.3. The van der Waals surface area contributed by atoms with Crippen LogP contribution in [0.1, 0.15) is 11.1 Å². The number of H-pyrrole nitrogens is 1. The lowest BCUT2D eigenvalue weighted by atomic mass is 10.1. The second-order valence-corrected chi connectivity index (χ2v) is 6.21. The topological polar surface area (TPSA) is 91.7 Å². The Kier molecular flexibility index (Phi) is 5.37. The molecule has 0 aliphatic rings. The molecule has 10 heteroatoms. The predicted molar refractivity (Wildman–Crippen MR) is 96.1 cm³/mol. The summed E-state index contributed by atoms with van der Waals surface area (Å²) in [7, 11) is 0. The van der Waals surface area contributed by atoms with E-state index in [1.807, 2.05) is 6.07 Å². The van der Waals surface area contributed by atoms with Gasteiger partial charge < -0.3 is 9.72 Å². The molecule has 0 bridgehead atoms. The number of aromatic nitrogens is 3. The van der Waals surface area contributed by atoms with Crippen molar-refractivity contribution in [2.45, 2.75) is 11.3 Å². The van der Waals surface area contributed by atoms with Gasteiger partial charge >= 0.3 is 6.18 Å². The molecule has 6 nitrogen and oxygen atoms in total. The van der Waals surface area contributed by atoms with Crippen LogP contribution in [0.25, 0.3) is 11.3 Å². The van der Waals surface area contributed by atoms with Gasteiger partial charge in [0, 0.05) is 17.8 Å². The van der Waals surface area contributed by atoms with Crippen molar-refractivity contribution in [3.63, 3.8) is 0 Å². The summed E-state index contributed by atoms with van der Waals surface area (Å²) in [5, 5.41) is 9.59. The molecule has 0 unspecified atom stereocenters. The number of nitrogens with one attached hydrogen (secondary N) is 1. The molecular weight excluding hydrogens is 393 g/mol. The summed E-state index contributed by atoms with van der Waals surface area (Å²) in [5.74, 6) is 0.321. The summed E-state index contributed by atoms with van der Waals surface area (Å²) in [4.78, 5) is 22.4.